The summed E-state index contributed by atoms with van der Waals surface area (Å²) in [6.45, 7) is 7.09. The van der Waals surface area contributed by atoms with Crippen LogP contribution in [0.3, 0.4) is 0 Å². The molecule has 1 aromatic carbocycles. The minimum Gasteiger partial charge on any atom is -0.352 e. The number of hydrogen-bond donors (Lipinski definition) is 2. The number of urea groups is 1. The summed E-state index contributed by atoms with van der Waals surface area (Å²) in [5, 5.41) is 2.63. The van der Waals surface area contributed by atoms with Gasteiger partial charge in [0.2, 0.25) is 0 Å². The van der Waals surface area contributed by atoms with Gasteiger partial charge in [0.25, 0.3) is 0 Å². The van der Waals surface area contributed by atoms with Gasteiger partial charge in [-0.2, -0.15) is 0 Å². The highest BCUT2D eigenvalue weighted by Crippen LogP contribution is 2.16. The lowest BCUT2D eigenvalue weighted by Crippen LogP contribution is -2.32. The zero-order chi connectivity index (χ0) is 12.8. The Labute approximate surface area is 103 Å². The van der Waals surface area contributed by atoms with Crippen LogP contribution in [0.2, 0.25) is 0 Å². The van der Waals surface area contributed by atoms with Crippen molar-refractivity contribution in [1.82, 2.24) is 5.32 Å². The van der Waals surface area contributed by atoms with E-state index in [4.69, 9.17) is 5.73 Å². The van der Waals surface area contributed by atoms with Gasteiger partial charge in [-0.1, -0.05) is 45.0 Å². The van der Waals surface area contributed by atoms with Crippen LogP contribution in [-0.2, 0) is 6.42 Å². The first-order valence-electron chi connectivity index (χ1n) is 6.11. The predicted octanol–water partition coefficient (Wildman–Crippen LogP) is 2.66. The van der Waals surface area contributed by atoms with E-state index in [-0.39, 0.29) is 5.92 Å². The summed E-state index contributed by atoms with van der Waals surface area (Å²) in [5.41, 5.74) is 7.64. The Bertz CT molecular complexity index is 357. The zero-order valence-electron chi connectivity index (χ0n) is 10.9. The Kier molecular flexibility index (Phi) is 5.01. The molecular formula is C14H22N2O. The van der Waals surface area contributed by atoms with Crippen LogP contribution >= 0.6 is 0 Å². The number of benzene rings is 1. The molecule has 0 aliphatic carbocycles. The molecule has 0 spiro atoms. The maximum absolute atomic E-state index is 10.6. The van der Waals surface area contributed by atoms with E-state index < -0.39 is 6.03 Å². The molecule has 2 amide bonds. The molecule has 1 aromatic rings. The molecule has 1 unspecified atom stereocenters. The van der Waals surface area contributed by atoms with Gasteiger partial charge in [0.05, 0.1) is 0 Å². The molecule has 3 nitrogen and oxygen atoms in total. The molecule has 17 heavy (non-hydrogen) atoms. The monoisotopic (exact) mass is 234 g/mol. The first kappa shape index (κ1) is 13.6. The number of rotatable bonds is 5. The fraction of sp³-hybridized carbons (Fsp3) is 0.500. The van der Waals surface area contributed by atoms with Gasteiger partial charge in [-0.05, 0) is 29.4 Å². The maximum atomic E-state index is 10.6. The van der Waals surface area contributed by atoms with Crippen LogP contribution in [0, 0.1) is 5.92 Å². The van der Waals surface area contributed by atoms with Gasteiger partial charge in [0, 0.05) is 6.54 Å². The fourth-order valence-corrected chi connectivity index (χ4v) is 1.83. The second kappa shape index (κ2) is 6.28. The number of hydrogen-bond acceptors (Lipinski definition) is 1. The Balaban J connectivity index is 2.57. The van der Waals surface area contributed by atoms with E-state index >= 15 is 0 Å². The summed E-state index contributed by atoms with van der Waals surface area (Å²) >= 11 is 0. The minimum absolute atomic E-state index is 0.288. The normalized spacial score (nSPS) is 12.5. The van der Waals surface area contributed by atoms with Gasteiger partial charge in [-0.15, -0.1) is 0 Å². The molecule has 0 radical (unpaired) electrons. The van der Waals surface area contributed by atoms with Gasteiger partial charge in [-0.25, -0.2) is 4.79 Å². The highest BCUT2D eigenvalue weighted by molar-refractivity contribution is 5.71. The third kappa shape index (κ3) is 4.89. The minimum atomic E-state index is -0.465. The van der Waals surface area contributed by atoms with Gasteiger partial charge in [0.15, 0.2) is 0 Å². The summed E-state index contributed by atoms with van der Waals surface area (Å²) in [5.74, 6) is 0.963. The SMILES string of the molecule is CC(C)Cc1ccc(C(C)CNC(N)=O)cc1. The van der Waals surface area contributed by atoms with Crippen molar-refractivity contribution in [3.63, 3.8) is 0 Å². The van der Waals surface area contributed by atoms with Crippen LogP contribution in [0.5, 0.6) is 0 Å². The van der Waals surface area contributed by atoms with Crippen molar-refractivity contribution in [3.05, 3.63) is 35.4 Å². The summed E-state index contributed by atoms with van der Waals surface area (Å²) in [6.07, 6.45) is 1.11. The Morgan fingerprint density at radius 2 is 1.82 bits per heavy atom. The van der Waals surface area contributed by atoms with Crippen molar-refractivity contribution in [2.75, 3.05) is 6.54 Å². The topological polar surface area (TPSA) is 55.1 Å². The molecule has 0 aliphatic rings. The Morgan fingerprint density at radius 1 is 1.24 bits per heavy atom. The molecule has 0 saturated heterocycles. The molecule has 0 heterocycles. The lowest BCUT2D eigenvalue weighted by Gasteiger charge is -2.13. The van der Waals surface area contributed by atoms with E-state index in [0.29, 0.717) is 12.5 Å². The second-order valence-electron chi connectivity index (χ2n) is 4.99. The zero-order valence-corrected chi connectivity index (χ0v) is 10.9. The first-order chi connectivity index (χ1) is 7.99. The molecular weight excluding hydrogens is 212 g/mol. The number of amides is 2. The summed E-state index contributed by atoms with van der Waals surface area (Å²) in [4.78, 5) is 10.6. The van der Waals surface area contributed by atoms with Gasteiger partial charge >= 0.3 is 6.03 Å². The van der Waals surface area contributed by atoms with E-state index in [2.05, 4.69) is 50.4 Å². The van der Waals surface area contributed by atoms with E-state index in [9.17, 15) is 4.79 Å². The van der Waals surface area contributed by atoms with E-state index in [1.165, 1.54) is 11.1 Å². The van der Waals surface area contributed by atoms with Crippen molar-refractivity contribution >= 4 is 6.03 Å². The van der Waals surface area contributed by atoms with Gasteiger partial charge < -0.3 is 11.1 Å². The molecule has 3 N–H and O–H groups in total. The molecule has 3 heteroatoms. The van der Waals surface area contributed by atoms with Gasteiger partial charge in [-0.3, -0.25) is 0 Å². The molecule has 0 fully saturated rings. The standard InChI is InChI=1S/C14H22N2O/c1-10(2)8-12-4-6-13(7-5-12)11(3)9-16-14(15)17/h4-7,10-11H,8-9H2,1-3H3,(H3,15,16,17). The molecule has 0 aromatic heterocycles. The third-order valence-electron chi connectivity index (χ3n) is 2.78. The number of nitrogens with one attached hydrogen (secondary N) is 1. The van der Waals surface area contributed by atoms with Crippen LogP contribution in [-0.4, -0.2) is 12.6 Å². The van der Waals surface area contributed by atoms with Crippen molar-refractivity contribution < 1.29 is 4.79 Å². The van der Waals surface area contributed by atoms with Crippen LogP contribution in [0.15, 0.2) is 24.3 Å². The van der Waals surface area contributed by atoms with E-state index in [0.717, 1.165) is 6.42 Å². The summed E-state index contributed by atoms with van der Waals surface area (Å²) in [6, 6.07) is 8.12. The average molecular weight is 234 g/mol. The van der Waals surface area contributed by atoms with Crippen LogP contribution in [0.4, 0.5) is 4.79 Å². The maximum Gasteiger partial charge on any atom is 0.312 e. The predicted molar refractivity (Wildman–Crippen MR) is 71.0 cm³/mol. The highest BCUT2D eigenvalue weighted by Gasteiger charge is 2.06. The highest BCUT2D eigenvalue weighted by atomic mass is 16.2. The molecule has 0 aliphatic heterocycles. The number of carbonyl (C=O) groups excluding carboxylic acids is 1. The fourth-order valence-electron chi connectivity index (χ4n) is 1.83. The van der Waals surface area contributed by atoms with Crippen molar-refractivity contribution in [2.45, 2.75) is 33.1 Å². The van der Waals surface area contributed by atoms with Crippen molar-refractivity contribution in [2.24, 2.45) is 11.7 Å². The largest absolute Gasteiger partial charge is 0.352 e. The lowest BCUT2D eigenvalue weighted by atomic mass is 9.97. The molecule has 1 atom stereocenters. The van der Waals surface area contributed by atoms with Crippen molar-refractivity contribution in [3.8, 4) is 0 Å². The van der Waals surface area contributed by atoms with Crippen LogP contribution in [0.25, 0.3) is 0 Å². The molecule has 0 saturated carbocycles. The quantitative estimate of drug-likeness (QED) is 0.808. The lowest BCUT2D eigenvalue weighted by molar-refractivity contribution is 0.248. The average Bonchev–Trinajstić information content (AvgIpc) is 2.26. The molecule has 94 valence electrons. The number of carbonyl (C=O) groups is 1. The number of nitrogens with two attached hydrogens (primary N) is 1. The molecule has 0 bridgehead atoms. The Morgan fingerprint density at radius 3 is 2.29 bits per heavy atom. The van der Waals surface area contributed by atoms with Crippen LogP contribution in [0.1, 0.15) is 37.8 Å². The Hall–Kier alpha value is -1.51. The number of primary amides is 1. The molecule has 1 rings (SSSR count). The smallest absolute Gasteiger partial charge is 0.312 e. The van der Waals surface area contributed by atoms with Crippen LogP contribution < -0.4 is 11.1 Å². The third-order valence-corrected chi connectivity index (χ3v) is 2.78. The summed E-state index contributed by atoms with van der Waals surface area (Å²) in [7, 11) is 0. The van der Waals surface area contributed by atoms with Gasteiger partial charge in [0.1, 0.15) is 0 Å². The van der Waals surface area contributed by atoms with E-state index in [1.54, 1.807) is 0 Å². The van der Waals surface area contributed by atoms with E-state index in [1.807, 2.05) is 0 Å². The summed E-state index contributed by atoms with van der Waals surface area (Å²) < 4.78 is 0. The van der Waals surface area contributed by atoms with Crippen molar-refractivity contribution in [1.29, 1.82) is 0 Å². The first-order valence-corrected chi connectivity index (χ1v) is 6.11. The second-order valence-corrected chi connectivity index (χ2v) is 4.99.